The Kier molecular flexibility index (Phi) is 3.31. The Hall–Kier alpha value is -0.860. The smallest absolute Gasteiger partial charge is 0.123 e. The monoisotopic (exact) mass is 254 g/mol. The van der Waals surface area contributed by atoms with Crippen molar-refractivity contribution < 1.29 is 4.39 Å². The van der Waals surface area contributed by atoms with Crippen LogP contribution >= 0.6 is 22.9 Å². The highest BCUT2D eigenvalue weighted by atomic mass is 35.5. The molecule has 3 heteroatoms. The molecular formula is C13H12ClFS. The zero-order valence-corrected chi connectivity index (χ0v) is 10.7. The van der Waals surface area contributed by atoms with Gasteiger partial charge < -0.3 is 0 Å². The topological polar surface area (TPSA) is 0 Å². The van der Waals surface area contributed by atoms with E-state index in [2.05, 4.69) is 0 Å². The standard InChI is InChI=1S/C13H12ClFS/c1-8-6-10(15)7-9(2)12(8)13(14)11-4-3-5-16-11/h3-7,13H,1-2H3. The van der Waals surface area contributed by atoms with Gasteiger partial charge in [-0.3, -0.25) is 0 Å². The van der Waals surface area contributed by atoms with Gasteiger partial charge in [0.25, 0.3) is 0 Å². The van der Waals surface area contributed by atoms with E-state index in [1.807, 2.05) is 31.4 Å². The van der Waals surface area contributed by atoms with Gasteiger partial charge in [-0.1, -0.05) is 6.07 Å². The summed E-state index contributed by atoms with van der Waals surface area (Å²) in [5, 5.41) is 1.82. The largest absolute Gasteiger partial charge is 0.207 e. The van der Waals surface area contributed by atoms with Gasteiger partial charge in [0.15, 0.2) is 0 Å². The van der Waals surface area contributed by atoms with Crippen LogP contribution < -0.4 is 0 Å². The van der Waals surface area contributed by atoms with E-state index in [1.165, 1.54) is 12.1 Å². The van der Waals surface area contributed by atoms with E-state index in [-0.39, 0.29) is 11.2 Å². The molecule has 0 amide bonds. The molecule has 0 saturated heterocycles. The van der Waals surface area contributed by atoms with Crippen LogP contribution in [0, 0.1) is 19.7 Å². The number of hydrogen-bond donors (Lipinski definition) is 0. The van der Waals surface area contributed by atoms with Crippen molar-refractivity contribution in [3.05, 3.63) is 57.0 Å². The molecule has 1 atom stereocenters. The van der Waals surface area contributed by atoms with Gasteiger partial charge in [-0.05, 0) is 54.1 Å². The van der Waals surface area contributed by atoms with E-state index in [0.717, 1.165) is 21.6 Å². The molecule has 0 nitrogen and oxygen atoms in total. The highest BCUT2D eigenvalue weighted by Gasteiger charge is 2.17. The Bertz CT molecular complexity index is 468. The number of aryl methyl sites for hydroxylation is 2. The summed E-state index contributed by atoms with van der Waals surface area (Å²) in [7, 11) is 0. The molecule has 0 aliphatic rings. The molecule has 1 aromatic carbocycles. The van der Waals surface area contributed by atoms with Gasteiger partial charge in [0.1, 0.15) is 5.82 Å². The van der Waals surface area contributed by atoms with Gasteiger partial charge in [0, 0.05) is 4.88 Å². The fraction of sp³-hybridized carbons (Fsp3) is 0.231. The van der Waals surface area contributed by atoms with Crippen molar-refractivity contribution in [1.82, 2.24) is 0 Å². The van der Waals surface area contributed by atoms with Crippen molar-refractivity contribution in [3.8, 4) is 0 Å². The zero-order valence-electron chi connectivity index (χ0n) is 9.13. The summed E-state index contributed by atoms with van der Waals surface area (Å²) in [4.78, 5) is 1.10. The molecule has 0 radical (unpaired) electrons. The van der Waals surface area contributed by atoms with Crippen molar-refractivity contribution in [2.45, 2.75) is 19.2 Å². The summed E-state index contributed by atoms with van der Waals surface area (Å²) in [6.45, 7) is 3.79. The summed E-state index contributed by atoms with van der Waals surface area (Å²) in [6.07, 6.45) is 0. The Morgan fingerprint density at radius 2 is 1.88 bits per heavy atom. The lowest BCUT2D eigenvalue weighted by Gasteiger charge is -2.14. The Balaban J connectivity index is 2.48. The first-order valence-corrected chi connectivity index (χ1v) is 6.35. The van der Waals surface area contributed by atoms with Gasteiger partial charge in [0.05, 0.1) is 5.38 Å². The molecule has 0 bridgehead atoms. The van der Waals surface area contributed by atoms with Crippen LogP contribution in [0.25, 0.3) is 0 Å². The van der Waals surface area contributed by atoms with Crippen molar-refractivity contribution in [3.63, 3.8) is 0 Å². The highest BCUT2D eigenvalue weighted by molar-refractivity contribution is 7.10. The molecule has 1 heterocycles. The quantitative estimate of drug-likeness (QED) is 0.673. The average molecular weight is 255 g/mol. The molecule has 0 spiro atoms. The van der Waals surface area contributed by atoms with Crippen molar-refractivity contribution in [1.29, 1.82) is 0 Å². The molecule has 84 valence electrons. The number of rotatable bonds is 2. The lowest BCUT2D eigenvalue weighted by Crippen LogP contribution is -1.99. The molecule has 0 aliphatic carbocycles. The van der Waals surface area contributed by atoms with Crippen molar-refractivity contribution >= 4 is 22.9 Å². The zero-order chi connectivity index (χ0) is 11.7. The van der Waals surface area contributed by atoms with Gasteiger partial charge in [0.2, 0.25) is 0 Å². The summed E-state index contributed by atoms with van der Waals surface area (Å²) in [6, 6.07) is 7.05. The van der Waals surface area contributed by atoms with Gasteiger partial charge in [-0.15, -0.1) is 22.9 Å². The lowest BCUT2D eigenvalue weighted by molar-refractivity contribution is 0.624. The number of thiophene rings is 1. The van der Waals surface area contributed by atoms with Gasteiger partial charge in [-0.25, -0.2) is 4.39 Å². The minimum Gasteiger partial charge on any atom is -0.207 e. The van der Waals surface area contributed by atoms with E-state index < -0.39 is 0 Å². The SMILES string of the molecule is Cc1cc(F)cc(C)c1C(Cl)c1cccs1. The van der Waals surface area contributed by atoms with E-state index in [1.54, 1.807) is 11.3 Å². The lowest BCUT2D eigenvalue weighted by atomic mass is 9.99. The molecule has 0 fully saturated rings. The van der Waals surface area contributed by atoms with Crippen LogP contribution in [0.2, 0.25) is 0 Å². The summed E-state index contributed by atoms with van der Waals surface area (Å²) in [5.41, 5.74) is 2.84. The van der Waals surface area contributed by atoms with Crippen LogP contribution in [-0.4, -0.2) is 0 Å². The third-order valence-corrected chi connectivity index (χ3v) is 4.12. The van der Waals surface area contributed by atoms with E-state index >= 15 is 0 Å². The molecule has 0 N–H and O–H groups in total. The van der Waals surface area contributed by atoms with E-state index in [0.29, 0.717) is 0 Å². The predicted octanol–water partition coefficient (Wildman–Crippen LogP) is 4.83. The second-order valence-electron chi connectivity index (χ2n) is 3.83. The molecular weight excluding hydrogens is 243 g/mol. The number of hydrogen-bond acceptors (Lipinski definition) is 1. The van der Waals surface area contributed by atoms with Crippen LogP contribution in [0.15, 0.2) is 29.6 Å². The first-order valence-electron chi connectivity index (χ1n) is 5.03. The normalized spacial score (nSPS) is 12.8. The molecule has 0 aliphatic heterocycles. The second kappa shape index (κ2) is 4.56. The van der Waals surface area contributed by atoms with Crippen LogP contribution in [0.5, 0.6) is 0 Å². The highest BCUT2D eigenvalue weighted by Crippen LogP contribution is 2.35. The minimum absolute atomic E-state index is 0.180. The molecule has 2 rings (SSSR count). The minimum atomic E-state index is -0.200. The fourth-order valence-corrected chi connectivity index (χ4v) is 3.18. The summed E-state index contributed by atoms with van der Waals surface area (Å²) in [5.74, 6) is -0.200. The maximum absolute atomic E-state index is 13.2. The average Bonchev–Trinajstić information content (AvgIpc) is 2.67. The first-order chi connectivity index (χ1) is 7.59. The fourth-order valence-electron chi connectivity index (χ4n) is 1.90. The maximum atomic E-state index is 13.2. The predicted molar refractivity (Wildman–Crippen MR) is 67.9 cm³/mol. The third kappa shape index (κ3) is 2.13. The van der Waals surface area contributed by atoms with Crippen molar-refractivity contribution in [2.75, 3.05) is 0 Å². The number of alkyl halides is 1. The van der Waals surface area contributed by atoms with Crippen LogP contribution in [0.1, 0.15) is 26.9 Å². The summed E-state index contributed by atoms with van der Waals surface area (Å²) >= 11 is 8.05. The number of benzene rings is 1. The molecule has 16 heavy (non-hydrogen) atoms. The van der Waals surface area contributed by atoms with Crippen LogP contribution in [0.4, 0.5) is 4.39 Å². The first kappa shape index (κ1) is 11.6. The van der Waals surface area contributed by atoms with Gasteiger partial charge >= 0.3 is 0 Å². The Morgan fingerprint density at radius 3 is 2.38 bits per heavy atom. The van der Waals surface area contributed by atoms with Crippen LogP contribution in [-0.2, 0) is 0 Å². The summed E-state index contributed by atoms with van der Waals surface area (Å²) < 4.78 is 13.2. The van der Waals surface area contributed by atoms with E-state index in [9.17, 15) is 4.39 Å². The second-order valence-corrected chi connectivity index (χ2v) is 5.25. The van der Waals surface area contributed by atoms with E-state index in [4.69, 9.17) is 11.6 Å². The molecule has 0 saturated carbocycles. The van der Waals surface area contributed by atoms with Crippen molar-refractivity contribution in [2.24, 2.45) is 0 Å². The number of halogens is 2. The molecule has 2 aromatic rings. The maximum Gasteiger partial charge on any atom is 0.123 e. The third-order valence-electron chi connectivity index (χ3n) is 2.60. The van der Waals surface area contributed by atoms with Crippen LogP contribution in [0.3, 0.4) is 0 Å². The Morgan fingerprint density at radius 1 is 1.25 bits per heavy atom. The Labute approximate surface area is 104 Å². The molecule has 1 aromatic heterocycles. The van der Waals surface area contributed by atoms with Gasteiger partial charge in [-0.2, -0.15) is 0 Å². The molecule has 1 unspecified atom stereocenters.